The summed E-state index contributed by atoms with van der Waals surface area (Å²) in [5.74, 6) is -0.262. The van der Waals surface area contributed by atoms with Crippen LogP contribution in [0.3, 0.4) is 0 Å². The van der Waals surface area contributed by atoms with Crippen molar-refractivity contribution in [2.75, 3.05) is 11.9 Å². The Labute approximate surface area is 154 Å². The molecule has 2 N–H and O–H groups in total. The predicted molar refractivity (Wildman–Crippen MR) is 103 cm³/mol. The fraction of sp³-hybridized carbons (Fsp3) is 0.350. The molecule has 0 saturated carbocycles. The van der Waals surface area contributed by atoms with E-state index in [2.05, 4.69) is 29.2 Å². The number of carbonyl (C=O) groups is 2. The second-order valence-corrected chi connectivity index (χ2v) is 6.29. The molecule has 2 aromatic rings. The Bertz CT molecular complexity index is 791. The molecule has 0 fully saturated rings. The molecule has 26 heavy (non-hydrogen) atoms. The topological polar surface area (TPSA) is 76.0 Å². The number of nitrogens with one attached hydrogen (secondary N) is 2. The van der Waals surface area contributed by atoms with E-state index >= 15 is 0 Å². The molecule has 0 aliphatic rings. The SMILES string of the molecule is C=CC(=O)Nc1ccc(CC(=O)NCCCc2c(C)nn(C)c2C)cc1. The van der Waals surface area contributed by atoms with Crippen molar-refractivity contribution in [2.45, 2.75) is 33.1 Å². The highest BCUT2D eigenvalue weighted by Gasteiger charge is 2.09. The Kier molecular flexibility index (Phi) is 6.72. The van der Waals surface area contributed by atoms with Crippen molar-refractivity contribution in [3.8, 4) is 0 Å². The first-order valence-corrected chi connectivity index (χ1v) is 8.69. The lowest BCUT2D eigenvalue weighted by Gasteiger charge is -2.07. The summed E-state index contributed by atoms with van der Waals surface area (Å²) < 4.78 is 1.89. The molecular weight excluding hydrogens is 328 g/mol. The van der Waals surface area contributed by atoms with Crippen LogP contribution in [-0.4, -0.2) is 28.1 Å². The minimum atomic E-state index is -0.255. The van der Waals surface area contributed by atoms with Gasteiger partial charge in [0.25, 0.3) is 0 Å². The average molecular weight is 354 g/mol. The lowest BCUT2D eigenvalue weighted by Crippen LogP contribution is -2.26. The highest BCUT2D eigenvalue weighted by molar-refractivity contribution is 5.98. The molecule has 1 aromatic heterocycles. The van der Waals surface area contributed by atoms with Gasteiger partial charge in [0.2, 0.25) is 11.8 Å². The van der Waals surface area contributed by atoms with E-state index in [0.29, 0.717) is 18.7 Å². The number of anilines is 1. The van der Waals surface area contributed by atoms with Gasteiger partial charge in [-0.15, -0.1) is 0 Å². The quantitative estimate of drug-likeness (QED) is 0.565. The standard InChI is InChI=1S/C20H26N4O2/c1-5-19(25)22-17-10-8-16(9-11-17)13-20(26)21-12-6-7-18-14(2)23-24(4)15(18)3/h5,8-11H,1,6-7,12-13H2,2-4H3,(H,21,26)(H,22,25). The highest BCUT2D eigenvalue weighted by Crippen LogP contribution is 2.14. The van der Waals surface area contributed by atoms with Crippen molar-refractivity contribution in [3.63, 3.8) is 0 Å². The number of hydrogen-bond acceptors (Lipinski definition) is 3. The van der Waals surface area contributed by atoms with Crippen LogP contribution in [0.15, 0.2) is 36.9 Å². The number of aromatic nitrogens is 2. The number of benzene rings is 1. The molecule has 2 rings (SSSR count). The summed E-state index contributed by atoms with van der Waals surface area (Å²) in [5.41, 5.74) is 5.08. The molecule has 0 aliphatic heterocycles. The zero-order valence-corrected chi connectivity index (χ0v) is 15.6. The fourth-order valence-corrected chi connectivity index (χ4v) is 2.82. The first kappa shape index (κ1) is 19.4. The molecule has 138 valence electrons. The van der Waals surface area contributed by atoms with Crippen LogP contribution in [0.25, 0.3) is 0 Å². The van der Waals surface area contributed by atoms with Gasteiger partial charge in [0.1, 0.15) is 0 Å². The van der Waals surface area contributed by atoms with E-state index in [1.54, 1.807) is 12.1 Å². The molecule has 0 bridgehead atoms. The Hall–Kier alpha value is -2.89. The zero-order valence-electron chi connectivity index (χ0n) is 15.6. The minimum absolute atomic E-state index is 0.00694. The average Bonchev–Trinajstić information content (AvgIpc) is 2.86. The highest BCUT2D eigenvalue weighted by atomic mass is 16.2. The van der Waals surface area contributed by atoms with Gasteiger partial charge in [0, 0.05) is 25.0 Å². The summed E-state index contributed by atoms with van der Waals surface area (Å²) in [5, 5.41) is 10.0. The van der Waals surface area contributed by atoms with Gasteiger partial charge in [-0.25, -0.2) is 0 Å². The fourth-order valence-electron chi connectivity index (χ4n) is 2.82. The van der Waals surface area contributed by atoms with Crippen LogP contribution in [0.1, 0.15) is 28.9 Å². The van der Waals surface area contributed by atoms with Gasteiger partial charge in [-0.3, -0.25) is 14.3 Å². The van der Waals surface area contributed by atoms with Gasteiger partial charge >= 0.3 is 0 Å². The van der Waals surface area contributed by atoms with Gasteiger partial charge in [-0.2, -0.15) is 5.10 Å². The molecule has 1 aromatic carbocycles. The maximum atomic E-state index is 12.1. The maximum absolute atomic E-state index is 12.1. The van der Waals surface area contributed by atoms with Crippen molar-refractivity contribution in [1.82, 2.24) is 15.1 Å². The predicted octanol–water partition coefficient (Wildman–Crippen LogP) is 2.45. The minimum Gasteiger partial charge on any atom is -0.356 e. The summed E-state index contributed by atoms with van der Waals surface area (Å²) in [6, 6.07) is 7.22. The third-order valence-corrected chi connectivity index (χ3v) is 4.36. The number of aryl methyl sites for hydroxylation is 2. The Morgan fingerprint density at radius 1 is 1.23 bits per heavy atom. The van der Waals surface area contributed by atoms with Crippen molar-refractivity contribution in [3.05, 3.63) is 59.4 Å². The molecule has 6 nitrogen and oxygen atoms in total. The summed E-state index contributed by atoms with van der Waals surface area (Å²) in [4.78, 5) is 23.3. The molecule has 0 spiro atoms. The van der Waals surface area contributed by atoms with Crippen LogP contribution in [0.4, 0.5) is 5.69 Å². The first-order valence-electron chi connectivity index (χ1n) is 8.69. The summed E-state index contributed by atoms with van der Waals surface area (Å²) >= 11 is 0. The molecule has 6 heteroatoms. The number of amides is 2. The van der Waals surface area contributed by atoms with E-state index < -0.39 is 0 Å². The largest absolute Gasteiger partial charge is 0.356 e. The number of carbonyl (C=O) groups excluding carboxylic acids is 2. The normalized spacial score (nSPS) is 10.4. The van der Waals surface area contributed by atoms with Crippen molar-refractivity contribution in [1.29, 1.82) is 0 Å². The van der Waals surface area contributed by atoms with E-state index in [1.807, 2.05) is 30.8 Å². The Morgan fingerprint density at radius 3 is 2.50 bits per heavy atom. The van der Waals surface area contributed by atoms with Crippen molar-refractivity contribution in [2.24, 2.45) is 7.05 Å². The first-order chi connectivity index (χ1) is 12.4. The molecule has 2 amide bonds. The summed E-state index contributed by atoms with van der Waals surface area (Å²) in [7, 11) is 1.95. The molecule has 1 heterocycles. The molecule has 0 aliphatic carbocycles. The van der Waals surface area contributed by atoms with Crippen LogP contribution in [0.5, 0.6) is 0 Å². The van der Waals surface area contributed by atoms with Crippen LogP contribution in [0.2, 0.25) is 0 Å². The second kappa shape index (κ2) is 8.99. The molecule has 0 unspecified atom stereocenters. The lowest BCUT2D eigenvalue weighted by atomic mass is 10.1. The molecule has 0 radical (unpaired) electrons. The smallest absolute Gasteiger partial charge is 0.247 e. The van der Waals surface area contributed by atoms with E-state index in [9.17, 15) is 9.59 Å². The van der Waals surface area contributed by atoms with Crippen LogP contribution in [-0.2, 0) is 29.5 Å². The third kappa shape index (κ3) is 5.31. The van der Waals surface area contributed by atoms with Gasteiger partial charge in [0.05, 0.1) is 12.1 Å². The van der Waals surface area contributed by atoms with E-state index in [-0.39, 0.29) is 11.8 Å². The van der Waals surface area contributed by atoms with Crippen molar-refractivity contribution >= 4 is 17.5 Å². The van der Waals surface area contributed by atoms with Gasteiger partial charge in [-0.05, 0) is 56.0 Å². The van der Waals surface area contributed by atoms with Gasteiger partial charge in [0.15, 0.2) is 0 Å². The molecule has 0 saturated heterocycles. The third-order valence-electron chi connectivity index (χ3n) is 4.36. The van der Waals surface area contributed by atoms with Crippen LogP contribution in [0, 0.1) is 13.8 Å². The van der Waals surface area contributed by atoms with E-state index in [4.69, 9.17) is 0 Å². The van der Waals surface area contributed by atoms with Gasteiger partial charge in [-0.1, -0.05) is 18.7 Å². The Morgan fingerprint density at radius 2 is 1.92 bits per heavy atom. The molecular formula is C20H26N4O2. The zero-order chi connectivity index (χ0) is 19.1. The second-order valence-electron chi connectivity index (χ2n) is 6.29. The van der Waals surface area contributed by atoms with E-state index in [1.165, 1.54) is 17.3 Å². The van der Waals surface area contributed by atoms with E-state index in [0.717, 1.165) is 24.1 Å². The number of hydrogen-bond donors (Lipinski definition) is 2. The maximum Gasteiger partial charge on any atom is 0.247 e. The summed E-state index contributed by atoms with van der Waals surface area (Å²) in [6.07, 6.45) is 3.33. The summed E-state index contributed by atoms with van der Waals surface area (Å²) in [6.45, 7) is 8.13. The number of rotatable bonds is 8. The molecule has 0 atom stereocenters. The Balaban J connectivity index is 1.75. The monoisotopic (exact) mass is 354 g/mol. The van der Waals surface area contributed by atoms with Crippen LogP contribution >= 0.6 is 0 Å². The van der Waals surface area contributed by atoms with Crippen LogP contribution < -0.4 is 10.6 Å². The number of nitrogens with zero attached hydrogens (tertiary/aromatic N) is 2. The van der Waals surface area contributed by atoms with Gasteiger partial charge < -0.3 is 10.6 Å². The lowest BCUT2D eigenvalue weighted by molar-refractivity contribution is -0.120. The van der Waals surface area contributed by atoms with Crippen molar-refractivity contribution < 1.29 is 9.59 Å².